The van der Waals surface area contributed by atoms with Crippen molar-refractivity contribution < 1.29 is 4.79 Å². The summed E-state index contributed by atoms with van der Waals surface area (Å²) in [5.74, 6) is 0.189. The summed E-state index contributed by atoms with van der Waals surface area (Å²) in [7, 11) is 1.84. The number of amides is 1. The molecular weight excluding hydrogens is 214 g/mol. The molecule has 0 saturated heterocycles. The van der Waals surface area contributed by atoms with Crippen LogP contribution in [0.1, 0.15) is 25.0 Å². The highest BCUT2D eigenvalue weighted by Crippen LogP contribution is 2.01. The molecule has 0 aliphatic carbocycles. The van der Waals surface area contributed by atoms with Gasteiger partial charge in [-0.3, -0.25) is 9.78 Å². The van der Waals surface area contributed by atoms with E-state index in [2.05, 4.69) is 4.98 Å². The average Bonchev–Trinajstić information content (AvgIpc) is 2.37. The Morgan fingerprint density at radius 2 is 2.24 bits per heavy atom. The van der Waals surface area contributed by atoms with Crippen LogP contribution in [0.5, 0.6) is 0 Å². The first-order chi connectivity index (χ1) is 8.24. The molecule has 0 spiro atoms. The second-order valence-corrected chi connectivity index (χ2v) is 4.13. The number of nitrogens with zero attached hydrogens (tertiary/aromatic N) is 2. The number of hydrogen-bond acceptors (Lipinski definition) is 3. The summed E-state index contributed by atoms with van der Waals surface area (Å²) >= 11 is 0. The Morgan fingerprint density at radius 1 is 1.41 bits per heavy atom. The summed E-state index contributed by atoms with van der Waals surface area (Å²) in [4.78, 5) is 17.7. The van der Waals surface area contributed by atoms with E-state index >= 15 is 0 Å². The molecule has 0 aromatic carbocycles. The van der Waals surface area contributed by atoms with Gasteiger partial charge in [0.2, 0.25) is 5.91 Å². The Bertz CT molecular complexity index is 327. The van der Waals surface area contributed by atoms with E-state index in [0.717, 1.165) is 31.5 Å². The number of rotatable bonds is 7. The van der Waals surface area contributed by atoms with Gasteiger partial charge < -0.3 is 10.6 Å². The van der Waals surface area contributed by atoms with E-state index in [9.17, 15) is 4.79 Å². The number of pyridine rings is 1. The predicted molar refractivity (Wildman–Crippen MR) is 68.5 cm³/mol. The molecule has 1 aromatic rings. The van der Waals surface area contributed by atoms with Crippen molar-refractivity contribution in [3.05, 3.63) is 30.1 Å². The smallest absolute Gasteiger partial charge is 0.222 e. The van der Waals surface area contributed by atoms with E-state index < -0.39 is 0 Å². The Labute approximate surface area is 103 Å². The molecular formula is C13H21N3O. The minimum absolute atomic E-state index is 0.189. The second kappa shape index (κ2) is 7.79. The molecule has 0 unspecified atom stereocenters. The fourth-order valence-electron chi connectivity index (χ4n) is 1.56. The predicted octanol–water partition coefficient (Wildman–Crippen LogP) is 1.21. The van der Waals surface area contributed by atoms with Crippen molar-refractivity contribution in [2.45, 2.75) is 25.7 Å². The van der Waals surface area contributed by atoms with Gasteiger partial charge in [-0.1, -0.05) is 6.07 Å². The van der Waals surface area contributed by atoms with Gasteiger partial charge in [0.25, 0.3) is 0 Å². The molecule has 1 aromatic heterocycles. The SMILES string of the molecule is CN(CCc1ccccn1)C(=O)CCCCN. The van der Waals surface area contributed by atoms with Gasteiger partial charge in [-0.15, -0.1) is 0 Å². The second-order valence-electron chi connectivity index (χ2n) is 4.13. The zero-order valence-corrected chi connectivity index (χ0v) is 10.4. The van der Waals surface area contributed by atoms with Gasteiger partial charge >= 0.3 is 0 Å². The molecule has 2 N–H and O–H groups in total. The third-order valence-electron chi connectivity index (χ3n) is 2.70. The first-order valence-corrected chi connectivity index (χ1v) is 6.08. The molecule has 1 heterocycles. The Balaban J connectivity index is 2.24. The number of likely N-dealkylation sites (N-methyl/N-ethyl adjacent to an activating group) is 1. The molecule has 0 bridgehead atoms. The van der Waals surface area contributed by atoms with Gasteiger partial charge in [0, 0.05) is 38.3 Å². The molecule has 0 fully saturated rings. The Hall–Kier alpha value is -1.42. The van der Waals surface area contributed by atoms with Crippen LogP contribution < -0.4 is 5.73 Å². The zero-order valence-electron chi connectivity index (χ0n) is 10.4. The standard InChI is InChI=1S/C13H21N3O/c1-16(13(17)7-2-4-9-14)11-8-12-6-3-5-10-15-12/h3,5-6,10H,2,4,7-9,11,14H2,1H3. The minimum Gasteiger partial charge on any atom is -0.345 e. The summed E-state index contributed by atoms with van der Waals surface area (Å²) in [6.07, 6.45) is 4.97. The fraction of sp³-hybridized carbons (Fsp3) is 0.538. The third kappa shape index (κ3) is 5.45. The largest absolute Gasteiger partial charge is 0.345 e. The topological polar surface area (TPSA) is 59.2 Å². The summed E-state index contributed by atoms with van der Waals surface area (Å²) in [6.45, 7) is 1.38. The van der Waals surface area contributed by atoms with Crippen LogP contribution in [0.25, 0.3) is 0 Å². The molecule has 4 nitrogen and oxygen atoms in total. The zero-order chi connectivity index (χ0) is 12.5. The van der Waals surface area contributed by atoms with Crippen LogP contribution in [0.4, 0.5) is 0 Å². The van der Waals surface area contributed by atoms with Crippen molar-refractivity contribution in [3.8, 4) is 0 Å². The van der Waals surface area contributed by atoms with Crippen molar-refractivity contribution in [2.24, 2.45) is 5.73 Å². The van der Waals surface area contributed by atoms with Crippen LogP contribution in [0.15, 0.2) is 24.4 Å². The van der Waals surface area contributed by atoms with Crippen LogP contribution in [-0.2, 0) is 11.2 Å². The molecule has 1 rings (SSSR count). The summed E-state index contributed by atoms with van der Waals surface area (Å²) < 4.78 is 0. The van der Waals surface area contributed by atoms with Crippen molar-refractivity contribution in [1.29, 1.82) is 0 Å². The number of nitrogens with two attached hydrogens (primary N) is 1. The third-order valence-corrected chi connectivity index (χ3v) is 2.70. The highest BCUT2D eigenvalue weighted by molar-refractivity contribution is 5.75. The average molecular weight is 235 g/mol. The summed E-state index contributed by atoms with van der Waals surface area (Å²) in [6, 6.07) is 5.84. The maximum atomic E-state index is 11.7. The van der Waals surface area contributed by atoms with Crippen molar-refractivity contribution >= 4 is 5.91 Å². The molecule has 0 radical (unpaired) electrons. The lowest BCUT2D eigenvalue weighted by atomic mass is 10.2. The van der Waals surface area contributed by atoms with Crippen molar-refractivity contribution in [2.75, 3.05) is 20.1 Å². The molecule has 1 amide bonds. The van der Waals surface area contributed by atoms with Crippen LogP contribution >= 0.6 is 0 Å². The first-order valence-electron chi connectivity index (χ1n) is 6.08. The van der Waals surface area contributed by atoms with E-state index in [0.29, 0.717) is 13.0 Å². The van der Waals surface area contributed by atoms with E-state index in [4.69, 9.17) is 5.73 Å². The Kier molecular flexibility index (Phi) is 6.25. The lowest BCUT2D eigenvalue weighted by Crippen LogP contribution is -2.28. The highest BCUT2D eigenvalue weighted by Gasteiger charge is 2.07. The van der Waals surface area contributed by atoms with E-state index in [1.54, 1.807) is 11.1 Å². The number of hydrogen-bond donors (Lipinski definition) is 1. The normalized spacial score (nSPS) is 10.2. The summed E-state index contributed by atoms with van der Waals surface area (Å²) in [5.41, 5.74) is 6.41. The first kappa shape index (κ1) is 13.6. The molecule has 94 valence electrons. The molecule has 17 heavy (non-hydrogen) atoms. The Morgan fingerprint density at radius 3 is 2.88 bits per heavy atom. The fourth-order valence-corrected chi connectivity index (χ4v) is 1.56. The van der Waals surface area contributed by atoms with E-state index in [-0.39, 0.29) is 5.91 Å². The van der Waals surface area contributed by atoms with Gasteiger partial charge in [-0.2, -0.15) is 0 Å². The van der Waals surface area contributed by atoms with Crippen LogP contribution in [0.3, 0.4) is 0 Å². The van der Waals surface area contributed by atoms with Gasteiger partial charge in [0.1, 0.15) is 0 Å². The van der Waals surface area contributed by atoms with Crippen LogP contribution in [0, 0.1) is 0 Å². The van der Waals surface area contributed by atoms with Crippen molar-refractivity contribution in [3.63, 3.8) is 0 Å². The number of aromatic nitrogens is 1. The number of carbonyl (C=O) groups excluding carboxylic acids is 1. The monoisotopic (exact) mass is 235 g/mol. The number of unbranched alkanes of at least 4 members (excludes halogenated alkanes) is 1. The maximum absolute atomic E-state index is 11.7. The van der Waals surface area contributed by atoms with E-state index in [1.165, 1.54) is 0 Å². The summed E-state index contributed by atoms with van der Waals surface area (Å²) in [5, 5.41) is 0. The molecule has 0 aliphatic heterocycles. The van der Waals surface area contributed by atoms with Gasteiger partial charge in [-0.05, 0) is 31.5 Å². The van der Waals surface area contributed by atoms with Gasteiger partial charge in [-0.25, -0.2) is 0 Å². The lowest BCUT2D eigenvalue weighted by molar-refractivity contribution is -0.129. The van der Waals surface area contributed by atoms with Crippen LogP contribution in [-0.4, -0.2) is 35.9 Å². The minimum atomic E-state index is 0.189. The van der Waals surface area contributed by atoms with E-state index in [1.807, 2.05) is 25.2 Å². The maximum Gasteiger partial charge on any atom is 0.222 e. The van der Waals surface area contributed by atoms with Crippen molar-refractivity contribution in [1.82, 2.24) is 9.88 Å². The van der Waals surface area contributed by atoms with Gasteiger partial charge in [0.15, 0.2) is 0 Å². The number of carbonyl (C=O) groups is 1. The molecule has 0 saturated carbocycles. The van der Waals surface area contributed by atoms with Crippen LogP contribution in [0.2, 0.25) is 0 Å². The lowest BCUT2D eigenvalue weighted by Gasteiger charge is -2.16. The molecule has 4 heteroatoms. The molecule has 0 atom stereocenters. The molecule has 0 aliphatic rings. The highest BCUT2D eigenvalue weighted by atomic mass is 16.2. The quantitative estimate of drug-likeness (QED) is 0.723. The van der Waals surface area contributed by atoms with Gasteiger partial charge in [0.05, 0.1) is 0 Å².